The second-order valence-electron chi connectivity index (χ2n) is 6.20. The van der Waals surface area contributed by atoms with E-state index < -0.39 is 5.91 Å². The molecule has 8 nitrogen and oxygen atoms in total. The number of hydrogen-bond donors (Lipinski definition) is 1. The van der Waals surface area contributed by atoms with Gasteiger partial charge in [-0.25, -0.2) is 4.98 Å². The summed E-state index contributed by atoms with van der Waals surface area (Å²) in [5.74, 6) is -0.351. The van der Waals surface area contributed by atoms with Crippen LogP contribution in [0.2, 0.25) is 0 Å². The van der Waals surface area contributed by atoms with Crippen molar-refractivity contribution in [3.63, 3.8) is 0 Å². The van der Waals surface area contributed by atoms with Gasteiger partial charge in [0, 0.05) is 6.54 Å². The van der Waals surface area contributed by atoms with E-state index in [1.165, 1.54) is 10.9 Å². The van der Waals surface area contributed by atoms with Gasteiger partial charge < -0.3 is 9.84 Å². The summed E-state index contributed by atoms with van der Waals surface area (Å²) in [6.07, 6.45) is 2.13. The van der Waals surface area contributed by atoms with Crippen LogP contribution < -0.4 is 10.9 Å². The molecule has 2 aromatic heterocycles. The topological polar surface area (TPSA) is 103 Å². The number of hydrogen-bond acceptors (Lipinski definition) is 6. The van der Waals surface area contributed by atoms with E-state index in [4.69, 9.17) is 4.52 Å². The number of carbonyl (C=O) groups excluding carboxylic acids is 1. The van der Waals surface area contributed by atoms with E-state index in [1.54, 1.807) is 18.2 Å². The van der Waals surface area contributed by atoms with Gasteiger partial charge in [0.15, 0.2) is 5.82 Å². The maximum absolute atomic E-state index is 12.5. The molecule has 0 spiro atoms. The molecular weight excluding hydrogens is 358 g/mol. The standard InChI is InChI=1S/C20H17N5O3/c26-18(21-11-10-14-6-2-1-3-7-14)19-23-17(24-28-19)12-25-13-22-16-9-5-4-8-15(16)20(25)27/h1-9,13H,10-12H2,(H,21,26). The van der Waals surface area contributed by atoms with Crippen molar-refractivity contribution in [2.24, 2.45) is 0 Å². The molecule has 0 bridgehead atoms. The van der Waals surface area contributed by atoms with E-state index in [2.05, 4.69) is 20.4 Å². The minimum absolute atomic E-state index is 0.0669. The summed E-state index contributed by atoms with van der Waals surface area (Å²) in [5.41, 5.74) is 1.54. The van der Waals surface area contributed by atoms with Crippen molar-refractivity contribution in [3.8, 4) is 0 Å². The first kappa shape index (κ1) is 17.6. The lowest BCUT2D eigenvalue weighted by atomic mass is 10.1. The van der Waals surface area contributed by atoms with Crippen molar-refractivity contribution < 1.29 is 9.32 Å². The van der Waals surface area contributed by atoms with E-state index in [1.807, 2.05) is 36.4 Å². The van der Waals surface area contributed by atoms with Gasteiger partial charge in [-0.1, -0.05) is 47.6 Å². The third kappa shape index (κ3) is 3.80. The molecule has 140 valence electrons. The van der Waals surface area contributed by atoms with Crippen LogP contribution in [-0.4, -0.2) is 32.1 Å². The van der Waals surface area contributed by atoms with Gasteiger partial charge in [-0.05, 0) is 24.1 Å². The van der Waals surface area contributed by atoms with Gasteiger partial charge in [-0.15, -0.1) is 0 Å². The lowest BCUT2D eigenvalue weighted by molar-refractivity contribution is 0.0910. The SMILES string of the molecule is O=C(NCCc1ccccc1)c1nc(Cn2cnc3ccccc3c2=O)no1. The van der Waals surface area contributed by atoms with Crippen molar-refractivity contribution in [1.82, 2.24) is 25.0 Å². The van der Waals surface area contributed by atoms with Gasteiger partial charge in [-0.2, -0.15) is 4.98 Å². The summed E-state index contributed by atoms with van der Waals surface area (Å²) in [7, 11) is 0. The van der Waals surface area contributed by atoms with E-state index in [9.17, 15) is 9.59 Å². The minimum atomic E-state index is -0.446. The molecular formula is C20H17N5O3. The molecule has 0 atom stereocenters. The van der Waals surface area contributed by atoms with E-state index in [0.29, 0.717) is 23.9 Å². The highest BCUT2D eigenvalue weighted by Crippen LogP contribution is 2.06. The van der Waals surface area contributed by atoms with Gasteiger partial charge >= 0.3 is 11.8 Å². The van der Waals surface area contributed by atoms with E-state index >= 15 is 0 Å². The maximum Gasteiger partial charge on any atom is 0.316 e. The maximum atomic E-state index is 12.5. The van der Waals surface area contributed by atoms with Gasteiger partial charge in [0.2, 0.25) is 0 Å². The summed E-state index contributed by atoms with van der Waals surface area (Å²) < 4.78 is 6.40. The van der Waals surface area contributed by atoms with Crippen LogP contribution in [-0.2, 0) is 13.0 Å². The average Bonchev–Trinajstić information content (AvgIpc) is 3.20. The highest BCUT2D eigenvalue weighted by molar-refractivity contribution is 5.89. The number of amides is 1. The molecule has 0 fully saturated rings. The molecule has 0 aliphatic rings. The second kappa shape index (κ2) is 7.83. The van der Waals surface area contributed by atoms with Gasteiger partial charge in [0.05, 0.1) is 23.8 Å². The fraction of sp³-hybridized carbons (Fsp3) is 0.150. The number of benzene rings is 2. The Morgan fingerprint density at radius 3 is 2.71 bits per heavy atom. The van der Waals surface area contributed by atoms with Crippen molar-refractivity contribution >= 4 is 16.8 Å². The first-order valence-electron chi connectivity index (χ1n) is 8.79. The van der Waals surface area contributed by atoms with Crippen molar-refractivity contribution in [3.05, 3.63) is 88.6 Å². The second-order valence-corrected chi connectivity index (χ2v) is 6.20. The van der Waals surface area contributed by atoms with Crippen LogP contribution in [0.3, 0.4) is 0 Å². The molecule has 0 radical (unpaired) electrons. The first-order chi connectivity index (χ1) is 13.7. The normalized spacial score (nSPS) is 10.9. The van der Waals surface area contributed by atoms with Crippen LogP contribution in [0, 0.1) is 0 Å². The average molecular weight is 375 g/mol. The fourth-order valence-electron chi connectivity index (χ4n) is 2.82. The van der Waals surface area contributed by atoms with Crippen molar-refractivity contribution in [2.45, 2.75) is 13.0 Å². The highest BCUT2D eigenvalue weighted by atomic mass is 16.5. The summed E-state index contributed by atoms with van der Waals surface area (Å²) in [6.45, 7) is 0.520. The number of nitrogens with zero attached hydrogens (tertiary/aromatic N) is 4. The van der Waals surface area contributed by atoms with E-state index in [-0.39, 0.29) is 23.8 Å². The predicted octanol–water partition coefficient (Wildman–Crippen LogP) is 1.80. The first-order valence-corrected chi connectivity index (χ1v) is 8.79. The molecule has 2 heterocycles. The number of rotatable bonds is 6. The Bertz CT molecular complexity index is 1170. The zero-order chi connectivity index (χ0) is 19.3. The Morgan fingerprint density at radius 2 is 1.86 bits per heavy atom. The van der Waals surface area contributed by atoms with Crippen molar-refractivity contribution in [1.29, 1.82) is 0 Å². The summed E-state index contributed by atoms with van der Waals surface area (Å²) in [4.78, 5) is 33.0. The molecule has 1 amide bonds. The highest BCUT2D eigenvalue weighted by Gasteiger charge is 2.15. The Kier molecular flexibility index (Phi) is 4.92. The predicted molar refractivity (Wildman–Crippen MR) is 102 cm³/mol. The number of carbonyl (C=O) groups is 1. The largest absolute Gasteiger partial charge is 0.347 e. The molecule has 0 aliphatic carbocycles. The summed E-state index contributed by atoms with van der Waals surface area (Å²) in [5, 5.41) is 7.04. The molecule has 0 unspecified atom stereocenters. The zero-order valence-corrected chi connectivity index (χ0v) is 14.9. The number of fused-ring (bicyclic) bond motifs is 1. The number of para-hydroxylation sites is 1. The Hall–Kier alpha value is -3.81. The molecule has 1 N–H and O–H groups in total. The van der Waals surface area contributed by atoms with Crippen molar-refractivity contribution in [2.75, 3.05) is 6.54 Å². The van der Waals surface area contributed by atoms with Gasteiger partial charge in [0.25, 0.3) is 5.56 Å². The van der Waals surface area contributed by atoms with Crippen LogP contribution in [0.25, 0.3) is 10.9 Å². The monoisotopic (exact) mass is 375 g/mol. The van der Waals surface area contributed by atoms with Gasteiger partial charge in [-0.3, -0.25) is 14.2 Å². The van der Waals surface area contributed by atoms with E-state index in [0.717, 1.165) is 5.56 Å². The smallest absolute Gasteiger partial charge is 0.316 e. The Balaban J connectivity index is 1.41. The van der Waals surface area contributed by atoms with Gasteiger partial charge in [0.1, 0.15) is 0 Å². The molecule has 2 aromatic carbocycles. The molecule has 0 saturated carbocycles. The lowest BCUT2D eigenvalue weighted by Gasteiger charge is -2.03. The number of aromatic nitrogens is 4. The van der Waals surface area contributed by atoms with Crippen LogP contribution in [0.5, 0.6) is 0 Å². The Morgan fingerprint density at radius 1 is 1.07 bits per heavy atom. The third-order valence-electron chi connectivity index (χ3n) is 4.25. The molecule has 0 saturated heterocycles. The molecule has 4 rings (SSSR count). The van der Waals surface area contributed by atoms with Crippen LogP contribution in [0.4, 0.5) is 0 Å². The summed E-state index contributed by atoms with van der Waals surface area (Å²) in [6, 6.07) is 16.9. The Labute approximate surface area is 159 Å². The molecule has 4 aromatic rings. The zero-order valence-electron chi connectivity index (χ0n) is 14.9. The van der Waals surface area contributed by atoms with Crippen LogP contribution in [0.15, 0.2) is 70.2 Å². The quantitative estimate of drug-likeness (QED) is 0.551. The molecule has 0 aliphatic heterocycles. The summed E-state index contributed by atoms with van der Waals surface area (Å²) >= 11 is 0. The van der Waals surface area contributed by atoms with Crippen LogP contribution >= 0.6 is 0 Å². The molecule has 28 heavy (non-hydrogen) atoms. The molecule has 8 heteroatoms. The van der Waals surface area contributed by atoms with Crippen LogP contribution in [0.1, 0.15) is 22.1 Å². The third-order valence-corrected chi connectivity index (χ3v) is 4.25. The lowest BCUT2D eigenvalue weighted by Crippen LogP contribution is -2.26. The number of nitrogens with one attached hydrogen (secondary N) is 1. The fourth-order valence-corrected chi connectivity index (χ4v) is 2.82. The minimum Gasteiger partial charge on any atom is -0.347 e.